The summed E-state index contributed by atoms with van der Waals surface area (Å²) in [6.07, 6.45) is 5.04. The molecule has 1 aromatic rings. The molecule has 1 saturated heterocycles. The van der Waals surface area contributed by atoms with E-state index in [9.17, 15) is 4.79 Å². The average molecular weight is 303 g/mol. The SMILES string of the molecule is CC1(C)CC(Oc2ccc(C(=O)O)cc2)CCN1CC1CC1. The normalized spacial score (nSPS) is 24.9. The van der Waals surface area contributed by atoms with E-state index in [1.807, 2.05) is 0 Å². The van der Waals surface area contributed by atoms with Gasteiger partial charge in [0.2, 0.25) is 0 Å². The number of ether oxygens (including phenoxy) is 1. The maximum Gasteiger partial charge on any atom is 0.335 e. The Balaban J connectivity index is 1.58. The monoisotopic (exact) mass is 303 g/mol. The zero-order valence-electron chi connectivity index (χ0n) is 13.4. The highest BCUT2D eigenvalue weighted by Crippen LogP contribution is 2.36. The Hall–Kier alpha value is -1.55. The van der Waals surface area contributed by atoms with E-state index in [0.717, 1.165) is 31.1 Å². The summed E-state index contributed by atoms with van der Waals surface area (Å²) < 4.78 is 6.07. The Bertz CT molecular complexity index is 534. The molecule has 3 rings (SSSR count). The van der Waals surface area contributed by atoms with Crippen LogP contribution in [0, 0.1) is 5.92 Å². The number of likely N-dealkylation sites (tertiary alicyclic amines) is 1. The van der Waals surface area contributed by atoms with Crippen LogP contribution in [0.3, 0.4) is 0 Å². The van der Waals surface area contributed by atoms with E-state index in [4.69, 9.17) is 9.84 Å². The highest BCUT2D eigenvalue weighted by atomic mass is 16.5. The van der Waals surface area contributed by atoms with Crippen molar-refractivity contribution in [3.05, 3.63) is 29.8 Å². The number of benzene rings is 1. The predicted molar refractivity (Wildman–Crippen MR) is 85.4 cm³/mol. The van der Waals surface area contributed by atoms with Gasteiger partial charge in [-0.1, -0.05) is 0 Å². The van der Waals surface area contributed by atoms with E-state index in [1.54, 1.807) is 24.3 Å². The molecule has 1 atom stereocenters. The lowest BCUT2D eigenvalue weighted by atomic mass is 9.88. The fourth-order valence-corrected chi connectivity index (χ4v) is 3.31. The molecule has 1 aromatic carbocycles. The molecule has 1 aliphatic heterocycles. The van der Waals surface area contributed by atoms with Gasteiger partial charge in [0, 0.05) is 25.0 Å². The van der Waals surface area contributed by atoms with Gasteiger partial charge in [0.25, 0.3) is 0 Å². The Morgan fingerprint density at radius 1 is 1.27 bits per heavy atom. The molecule has 4 nitrogen and oxygen atoms in total. The lowest BCUT2D eigenvalue weighted by Crippen LogP contribution is -2.53. The molecule has 4 heteroatoms. The molecule has 2 aliphatic rings. The van der Waals surface area contributed by atoms with Crippen molar-refractivity contribution in [1.82, 2.24) is 4.90 Å². The van der Waals surface area contributed by atoms with Crippen molar-refractivity contribution in [3.8, 4) is 5.75 Å². The topological polar surface area (TPSA) is 49.8 Å². The summed E-state index contributed by atoms with van der Waals surface area (Å²) in [5.41, 5.74) is 0.471. The second-order valence-electron chi connectivity index (χ2n) is 7.26. The Labute approximate surface area is 132 Å². The van der Waals surface area contributed by atoms with Gasteiger partial charge in [-0.05, 0) is 63.3 Å². The van der Waals surface area contributed by atoms with Gasteiger partial charge < -0.3 is 9.84 Å². The van der Waals surface area contributed by atoms with Crippen molar-refractivity contribution in [2.75, 3.05) is 13.1 Å². The number of carbonyl (C=O) groups is 1. The largest absolute Gasteiger partial charge is 0.490 e. The van der Waals surface area contributed by atoms with E-state index in [-0.39, 0.29) is 11.6 Å². The van der Waals surface area contributed by atoms with Crippen LogP contribution in [-0.4, -0.2) is 40.7 Å². The molecule has 0 radical (unpaired) electrons. The minimum Gasteiger partial charge on any atom is -0.490 e. The van der Waals surface area contributed by atoms with E-state index in [2.05, 4.69) is 18.7 Å². The summed E-state index contributed by atoms with van der Waals surface area (Å²) in [6.45, 7) is 6.92. The molecular formula is C18H25NO3. The Morgan fingerprint density at radius 3 is 2.50 bits per heavy atom. The molecule has 1 saturated carbocycles. The zero-order chi connectivity index (χ0) is 15.7. The first-order valence-corrected chi connectivity index (χ1v) is 8.19. The smallest absolute Gasteiger partial charge is 0.335 e. The highest BCUT2D eigenvalue weighted by molar-refractivity contribution is 5.87. The maximum atomic E-state index is 10.9. The molecule has 0 spiro atoms. The summed E-state index contributed by atoms with van der Waals surface area (Å²) in [5, 5.41) is 8.93. The fourth-order valence-electron chi connectivity index (χ4n) is 3.31. The molecule has 22 heavy (non-hydrogen) atoms. The second kappa shape index (κ2) is 5.92. The summed E-state index contributed by atoms with van der Waals surface area (Å²) in [5.74, 6) is 0.780. The molecule has 2 fully saturated rings. The number of hydrogen-bond donors (Lipinski definition) is 1. The second-order valence-corrected chi connectivity index (χ2v) is 7.26. The molecule has 1 unspecified atom stereocenters. The van der Waals surface area contributed by atoms with Crippen LogP contribution in [0.1, 0.15) is 49.9 Å². The highest BCUT2D eigenvalue weighted by Gasteiger charge is 2.38. The first kappa shape index (κ1) is 15.3. The van der Waals surface area contributed by atoms with E-state index >= 15 is 0 Å². The van der Waals surface area contributed by atoms with Gasteiger partial charge in [-0.3, -0.25) is 4.90 Å². The third-order valence-corrected chi connectivity index (χ3v) is 4.88. The summed E-state index contributed by atoms with van der Waals surface area (Å²) in [6, 6.07) is 6.72. The maximum absolute atomic E-state index is 10.9. The first-order valence-electron chi connectivity index (χ1n) is 8.19. The van der Waals surface area contributed by atoms with E-state index in [1.165, 1.54) is 19.4 Å². The lowest BCUT2D eigenvalue weighted by molar-refractivity contribution is 0.00604. The number of carboxylic acid groups (broad SMARTS) is 1. The Kier molecular flexibility index (Phi) is 4.13. The molecule has 0 amide bonds. The van der Waals surface area contributed by atoms with Crippen molar-refractivity contribution >= 4 is 5.97 Å². The van der Waals surface area contributed by atoms with Crippen LogP contribution in [0.2, 0.25) is 0 Å². The number of hydrogen-bond acceptors (Lipinski definition) is 3. The molecule has 0 aromatic heterocycles. The van der Waals surface area contributed by atoms with E-state index in [0.29, 0.717) is 5.56 Å². The van der Waals surface area contributed by atoms with Crippen molar-refractivity contribution in [2.24, 2.45) is 5.92 Å². The van der Waals surface area contributed by atoms with Crippen molar-refractivity contribution in [3.63, 3.8) is 0 Å². The van der Waals surface area contributed by atoms with Crippen LogP contribution in [0.5, 0.6) is 5.75 Å². The first-order chi connectivity index (χ1) is 10.4. The third-order valence-electron chi connectivity index (χ3n) is 4.88. The van der Waals surface area contributed by atoms with Crippen LogP contribution < -0.4 is 4.74 Å². The van der Waals surface area contributed by atoms with Gasteiger partial charge in [-0.15, -0.1) is 0 Å². The van der Waals surface area contributed by atoms with Crippen LogP contribution in [0.25, 0.3) is 0 Å². The van der Waals surface area contributed by atoms with Crippen molar-refractivity contribution in [1.29, 1.82) is 0 Å². The third kappa shape index (κ3) is 3.61. The molecule has 120 valence electrons. The zero-order valence-corrected chi connectivity index (χ0v) is 13.4. The van der Waals surface area contributed by atoms with Crippen molar-refractivity contribution in [2.45, 2.75) is 51.2 Å². The molecule has 1 heterocycles. The summed E-state index contributed by atoms with van der Waals surface area (Å²) in [7, 11) is 0. The molecule has 0 bridgehead atoms. The Morgan fingerprint density at radius 2 is 1.95 bits per heavy atom. The average Bonchev–Trinajstić information content (AvgIpc) is 3.26. The lowest BCUT2D eigenvalue weighted by Gasteiger charge is -2.45. The van der Waals surface area contributed by atoms with Crippen molar-refractivity contribution < 1.29 is 14.6 Å². The van der Waals surface area contributed by atoms with Crippen LogP contribution in [0.15, 0.2) is 24.3 Å². The van der Waals surface area contributed by atoms with Crippen LogP contribution in [0.4, 0.5) is 0 Å². The van der Waals surface area contributed by atoms with Gasteiger partial charge >= 0.3 is 5.97 Å². The predicted octanol–water partition coefficient (Wildman–Crippen LogP) is 3.42. The van der Waals surface area contributed by atoms with Gasteiger partial charge in [-0.25, -0.2) is 4.79 Å². The quantitative estimate of drug-likeness (QED) is 0.905. The number of aromatic carboxylic acids is 1. The number of carboxylic acids is 1. The molecule has 1 N–H and O–H groups in total. The molecular weight excluding hydrogens is 278 g/mol. The summed E-state index contributed by atoms with van der Waals surface area (Å²) in [4.78, 5) is 13.5. The van der Waals surface area contributed by atoms with Gasteiger partial charge in [0.1, 0.15) is 11.9 Å². The minimum atomic E-state index is -0.902. The number of nitrogens with zero attached hydrogens (tertiary/aromatic N) is 1. The standard InChI is InChI=1S/C18H25NO3/c1-18(2)11-16(9-10-19(18)12-13-3-4-13)22-15-7-5-14(6-8-15)17(20)21/h5-8,13,16H,3-4,9-12H2,1-2H3,(H,20,21). The van der Waals surface area contributed by atoms with Crippen LogP contribution >= 0.6 is 0 Å². The number of piperidine rings is 1. The fraction of sp³-hybridized carbons (Fsp3) is 0.611. The van der Waals surface area contributed by atoms with Gasteiger partial charge in [-0.2, -0.15) is 0 Å². The minimum absolute atomic E-state index is 0.173. The molecule has 1 aliphatic carbocycles. The number of rotatable bonds is 5. The van der Waals surface area contributed by atoms with Gasteiger partial charge in [0.05, 0.1) is 5.56 Å². The van der Waals surface area contributed by atoms with Gasteiger partial charge in [0.15, 0.2) is 0 Å². The summed E-state index contributed by atoms with van der Waals surface area (Å²) >= 11 is 0. The van der Waals surface area contributed by atoms with E-state index < -0.39 is 5.97 Å². The van der Waals surface area contributed by atoms with Crippen LogP contribution in [-0.2, 0) is 0 Å².